The number of nitrogen functional groups attached to an aromatic ring is 1. The van der Waals surface area contributed by atoms with Gasteiger partial charge in [-0.1, -0.05) is 29.4 Å². The molecule has 0 radical (unpaired) electrons. The fourth-order valence-corrected chi connectivity index (χ4v) is 3.38. The molecule has 5 heteroatoms. The second kappa shape index (κ2) is 4.45. The van der Waals surface area contributed by atoms with Gasteiger partial charge in [-0.25, -0.2) is 0 Å². The van der Waals surface area contributed by atoms with Gasteiger partial charge in [0.15, 0.2) is 5.82 Å². The fourth-order valence-electron chi connectivity index (χ4n) is 2.75. The molecule has 4 nitrogen and oxygen atoms in total. The Bertz CT molecular complexity index is 737. The molecule has 0 atom stereocenters. The molecule has 2 N–H and O–H groups in total. The number of anilines is 1. The first-order valence-electron chi connectivity index (χ1n) is 6.55. The molecule has 1 aliphatic rings. The normalized spacial score (nSPS) is 14.6. The lowest BCUT2D eigenvalue weighted by Crippen LogP contribution is -2.00. The zero-order valence-corrected chi connectivity index (χ0v) is 11.6. The number of benzene rings is 1. The number of nitrogens with zero attached hydrogens (tertiary/aromatic N) is 2. The molecule has 20 heavy (non-hydrogen) atoms. The first-order valence-corrected chi connectivity index (χ1v) is 7.43. The molecule has 2 heterocycles. The third kappa shape index (κ3) is 1.82. The molecule has 0 unspecified atom stereocenters. The molecule has 0 saturated carbocycles. The van der Waals surface area contributed by atoms with Crippen LogP contribution in [-0.2, 0) is 12.8 Å². The predicted octanol–water partition coefficient (Wildman–Crippen LogP) is 3.26. The summed E-state index contributed by atoms with van der Waals surface area (Å²) in [6, 6.07) is 10.4. The number of rotatable bonds is 2. The Hall–Kier alpha value is -2.14. The van der Waals surface area contributed by atoms with E-state index in [0.29, 0.717) is 11.8 Å². The van der Waals surface area contributed by atoms with Crippen LogP contribution in [0.4, 0.5) is 5.00 Å². The van der Waals surface area contributed by atoms with Crippen molar-refractivity contribution in [3.05, 3.63) is 52.7 Å². The number of thiophene rings is 1. The molecule has 4 rings (SSSR count). The third-order valence-corrected chi connectivity index (χ3v) is 4.53. The molecular weight excluding hydrogens is 270 g/mol. The molecule has 0 amide bonds. The number of hydrogen-bond acceptors (Lipinski definition) is 5. The lowest BCUT2D eigenvalue weighted by Gasteiger charge is -2.00. The van der Waals surface area contributed by atoms with Crippen LogP contribution in [0.1, 0.15) is 22.9 Å². The van der Waals surface area contributed by atoms with Crippen molar-refractivity contribution < 1.29 is 4.52 Å². The van der Waals surface area contributed by atoms with Gasteiger partial charge >= 0.3 is 0 Å². The first-order chi connectivity index (χ1) is 9.81. The van der Waals surface area contributed by atoms with Crippen LogP contribution in [0, 0.1) is 0 Å². The Morgan fingerprint density at radius 2 is 1.90 bits per heavy atom. The van der Waals surface area contributed by atoms with Crippen LogP contribution in [0.15, 0.2) is 40.2 Å². The maximum absolute atomic E-state index is 5.89. The van der Waals surface area contributed by atoms with Crippen LogP contribution in [-0.4, -0.2) is 10.1 Å². The fraction of sp³-hybridized carbons (Fsp3) is 0.200. The molecule has 100 valence electrons. The molecule has 3 aromatic rings. The third-order valence-electron chi connectivity index (χ3n) is 3.78. The number of nitrogens with two attached hydrogens (primary N) is 1. The first kappa shape index (κ1) is 11.7. The minimum Gasteiger partial charge on any atom is -0.390 e. The Morgan fingerprint density at radius 1 is 1.15 bits per heavy atom. The van der Waals surface area contributed by atoms with E-state index in [-0.39, 0.29) is 0 Å². The molecule has 1 aliphatic carbocycles. The molecule has 2 aromatic heterocycles. The van der Waals surface area contributed by atoms with E-state index in [1.54, 1.807) is 0 Å². The summed E-state index contributed by atoms with van der Waals surface area (Å²) in [6.45, 7) is 0. The largest absolute Gasteiger partial charge is 0.390 e. The molecule has 0 spiro atoms. The van der Waals surface area contributed by atoms with Gasteiger partial charge in [0.05, 0.1) is 10.6 Å². The zero-order chi connectivity index (χ0) is 13.5. The van der Waals surface area contributed by atoms with Crippen molar-refractivity contribution in [1.29, 1.82) is 0 Å². The highest BCUT2D eigenvalue weighted by atomic mass is 32.1. The highest BCUT2D eigenvalue weighted by Gasteiger charge is 2.27. The Morgan fingerprint density at radius 3 is 2.55 bits per heavy atom. The molecular formula is C15H13N3OS. The topological polar surface area (TPSA) is 64.9 Å². The Kier molecular flexibility index (Phi) is 2.60. The van der Waals surface area contributed by atoms with Crippen LogP contribution in [0.3, 0.4) is 0 Å². The molecule has 0 fully saturated rings. The summed E-state index contributed by atoms with van der Waals surface area (Å²) in [4.78, 5) is 4.53. The summed E-state index contributed by atoms with van der Waals surface area (Å²) >= 11 is 1.48. The summed E-state index contributed by atoms with van der Waals surface area (Å²) in [5.74, 6) is 1.61. The second-order valence-electron chi connectivity index (χ2n) is 5.03. The predicted molar refractivity (Wildman–Crippen MR) is 78.6 cm³/mol. The van der Waals surface area contributed by atoms with E-state index in [1.807, 2.05) is 11.4 Å². The smallest absolute Gasteiger partial charge is 0.260 e. The lowest BCUT2D eigenvalue weighted by atomic mass is 10.1. The Balaban J connectivity index is 1.63. The lowest BCUT2D eigenvalue weighted by molar-refractivity contribution is 0.416. The zero-order valence-electron chi connectivity index (χ0n) is 10.7. The van der Waals surface area contributed by atoms with Crippen LogP contribution in [0.25, 0.3) is 11.5 Å². The number of aromatic nitrogens is 2. The minimum atomic E-state index is 0.310. The molecule has 0 aliphatic heterocycles. The number of fused-ring (bicyclic) bond motifs is 1. The van der Waals surface area contributed by atoms with Crippen molar-refractivity contribution in [2.45, 2.75) is 18.8 Å². The standard InChI is InChI=1S/C15H13N3OS/c16-13-12(5-6-20-13)15-17-14(18-19-15)11-7-9-3-1-2-4-10(9)8-11/h1-6,11H,7-8,16H2. The summed E-state index contributed by atoms with van der Waals surface area (Å²) < 4.78 is 5.37. The van der Waals surface area contributed by atoms with Gasteiger partial charge in [-0.3, -0.25) is 0 Å². The van der Waals surface area contributed by atoms with Crippen molar-refractivity contribution in [3.8, 4) is 11.5 Å². The van der Waals surface area contributed by atoms with E-state index in [2.05, 4.69) is 34.4 Å². The maximum atomic E-state index is 5.89. The molecule has 1 aromatic carbocycles. The van der Waals surface area contributed by atoms with Crippen LogP contribution < -0.4 is 5.73 Å². The summed E-state index contributed by atoms with van der Waals surface area (Å²) in [7, 11) is 0. The van der Waals surface area contributed by atoms with E-state index in [0.717, 1.165) is 29.2 Å². The van der Waals surface area contributed by atoms with E-state index >= 15 is 0 Å². The van der Waals surface area contributed by atoms with E-state index in [1.165, 1.54) is 22.5 Å². The second-order valence-corrected chi connectivity index (χ2v) is 5.98. The summed E-state index contributed by atoms with van der Waals surface area (Å²) in [6.07, 6.45) is 1.96. The molecule has 0 bridgehead atoms. The van der Waals surface area contributed by atoms with Crippen molar-refractivity contribution in [1.82, 2.24) is 10.1 Å². The van der Waals surface area contributed by atoms with Crippen molar-refractivity contribution >= 4 is 16.3 Å². The number of hydrogen-bond donors (Lipinski definition) is 1. The van der Waals surface area contributed by atoms with E-state index in [4.69, 9.17) is 10.3 Å². The van der Waals surface area contributed by atoms with Crippen LogP contribution >= 0.6 is 11.3 Å². The highest BCUT2D eigenvalue weighted by Crippen LogP contribution is 2.34. The Labute approximate surface area is 120 Å². The average Bonchev–Trinajstić information content (AvgIpc) is 3.15. The monoisotopic (exact) mass is 283 g/mol. The minimum absolute atomic E-state index is 0.310. The van der Waals surface area contributed by atoms with E-state index < -0.39 is 0 Å². The van der Waals surface area contributed by atoms with Gasteiger partial charge in [-0.05, 0) is 35.4 Å². The van der Waals surface area contributed by atoms with Crippen molar-refractivity contribution in [2.24, 2.45) is 0 Å². The molecule has 0 saturated heterocycles. The van der Waals surface area contributed by atoms with Gasteiger partial charge in [0.1, 0.15) is 0 Å². The van der Waals surface area contributed by atoms with Gasteiger partial charge in [0, 0.05) is 5.92 Å². The maximum Gasteiger partial charge on any atom is 0.260 e. The van der Waals surface area contributed by atoms with Gasteiger partial charge < -0.3 is 10.3 Å². The van der Waals surface area contributed by atoms with E-state index in [9.17, 15) is 0 Å². The SMILES string of the molecule is Nc1sccc1-c1nc(C2Cc3ccccc3C2)no1. The average molecular weight is 283 g/mol. The quantitative estimate of drug-likeness (QED) is 0.784. The van der Waals surface area contributed by atoms with Gasteiger partial charge in [-0.15, -0.1) is 11.3 Å². The van der Waals surface area contributed by atoms with Crippen molar-refractivity contribution in [2.75, 3.05) is 5.73 Å². The van der Waals surface area contributed by atoms with Crippen molar-refractivity contribution in [3.63, 3.8) is 0 Å². The van der Waals surface area contributed by atoms with Gasteiger partial charge in [0.2, 0.25) is 0 Å². The van der Waals surface area contributed by atoms with Crippen LogP contribution in [0.2, 0.25) is 0 Å². The van der Waals surface area contributed by atoms with Gasteiger partial charge in [0.25, 0.3) is 5.89 Å². The van der Waals surface area contributed by atoms with Crippen LogP contribution in [0.5, 0.6) is 0 Å². The summed E-state index contributed by atoms with van der Waals surface area (Å²) in [5, 5.41) is 6.79. The highest BCUT2D eigenvalue weighted by molar-refractivity contribution is 7.14. The summed E-state index contributed by atoms with van der Waals surface area (Å²) in [5.41, 5.74) is 9.51. The van der Waals surface area contributed by atoms with Gasteiger partial charge in [-0.2, -0.15) is 4.98 Å².